The summed E-state index contributed by atoms with van der Waals surface area (Å²) in [7, 11) is 0. The molecule has 1 rings (SSSR count). The fourth-order valence-electron chi connectivity index (χ4n) is 1.04. The zero-order valence-electron chi connectivity index (χ0n) is 7.04. The van der Waals surface area contributed by atoms with Crippen LogP contribution in [0, 0.1) is 5.92 Å². The molecule has 4 heteroatoms. The summed E-state index contributed by atoms with van der Waals surface area (Å²) in [5.74, 6) is -0.707. The summed E-state index contributed by atoms with van der Waals surface area (Å²) >= 11 is 0. The first kappa shape index (κ1) is 9.03. The van der Waals surface area contributed by atoms with Crippen LogP contribution in [0.4, 0.5) is 0 Å². The van der Waals surface area contributed by atoms with Crippen molar-refractivity contribution in [1.82, 2.24) is 0 Å². The van der Waals surface area contributed by atoms with Gasteiger partial charge >= 0.3 is 11.9 Å². The molecule has 1 aliphatic rings. The molecule has 0 aromatic carbocycles. The molecule has 0 spiro atoms. The molecule has 0 aromatic rings. The van der Waals surface area contributed by atoms with Crippen molar-refractivity contribution < 1.29 is 19.1 Å². The highest BCUT2D eigenvalue weighted by Gasteiger charge is 2.17. The maximum absolute atomic E-state index is 11.0. The average molecular weight is 172 g/mol. The molecule has 1 atom stereocenters. The zero-order chi connectivity index (χ0) is 8.97. The van der Waals surface area contributed by atoms with Crippen LogP contribution >= 0.6 is 0 Å². The van der Waals surface area contributed by atoms with Gasteiger partial charge in [0.1, 0.15) is 0 Å². The molecule has 0 saturated carbocycles. The van der Waals surface area contributed by atoms with Gasteiger partial charge in [0.05, 0.1) is 5.92 Å². The van der Waals surface area contributed by atoms with Crippen LogP contribution in [0.2, 0.25) is 0 Å². The number of rotatable bonds is 0. The lowest BCUT2D eigenvalue weighted by Crippen LogP contribution is -2.15. The van der Waals surface area contributed by atoms with Crippen molar-refractivity contribution in [3.63, 3.8) is 0 Å². The van der Waals surface area contributed by atoms with Gasteiger partial charge in [-0.05, 0) is 12.8 Å². The van der Waals surface area contributed by atoms with Gasteiger partial charge in [0.15, 0.2) is 0 Å². The van der Waals surface area contributed by atoms with E-state index in [1.165, 1.54) is 0 Å². The van der Waals surface area contributed by atoms with Gasteiger partial charge in [-0.3, -0.25) is 9.59 Å². The molecule has 0 aliphatic carbocycles. The number of ether oxygens (including phenoxy) is 2. The topological polar surface area (TPSA) is 52.6 Å². The summed E-state index contributed by atoms with van der Waals surface area (Å²) in [6.07, 6.45) is 1.75. The third-order valence-corrected chi connectivity index (χ3v) is 1.84. The fourth-order valence-corrected chi connectivity index (χ4v) is 1.04. The summed E-state index contributed by atoms with van der Waals surface area (Å²) in [6, 6.07) is 0. The maximum atomic E-state index is 11.0. The van der Waals surface area contributed by atoms with Crippen LogP contribution in [0.25, 0.3) is 0 Å². The molecule has 0 N–H and O–H groups in total. The van der Waals surface area contributed by atoms with E-state index in [0.717, 1.165) is 0 Å². The summed E-state index contributed by atoms with van der Waals surface area (Å²) in [5.41, 5.74) is 0. The molecule has 12 heavy (non-hydrogen) atoms. The Labute approximate surface area is 70.8 Å². The Kier molecular flexibility index (Phi) is 3.08. The molecule has 1 heterocycles. The lowest BCUT2D eigenvalue weighted by molar-refractivity contribution is -0.168. The Morgan fingerprint density at radius 2 is 2.08 bits per heavy atom. The number of carbonyl (C=O) groups is 2. The van der Waals surface area contributed by atoms with Crippen LogP contribution in [0.3, 0.4) is 0 Å². The van der Waals surface area contributed by atoms with Crippen molar-refractivity contribution in [1.29, 1.82) is 0 Å². The molecule has 0 bridgehead atoms. The summed E-state index contributed by atoms with van der Waals surface area (Å²) in [4.78, 5) is 21.8. The minimum Gasteiger partial charge on any atom is -0.428 e. The van der Waals surface area contributed by atoms with Gasteiger partial charge in [0.25, 0.3) is 0 Å². The van der Waals surface area contributed by atoms with Crippen molar-refractivity contribution >= 4 is 11.9 Å². The Bertz CT molecular complexity index is 187. The Morgan fingerprint density at radius 3 is 2.83 bits per heavy atom. The summed E-state index contributed by atoms with van der Waals surface area (Å²) in [5, 5.41) is 0. The van der Waals surface area contributed by atoms with Crippen molar-refractivity contribution in [2.24, 2.45) is 5.92 Å². The molecule has 1 saturated heterocycles. The highest BCUT2D eigenvalue weighted by Crippen LogP contribution is 2.12. The molecule has 1 unspecified atom stereocenters. The number of carbonyl (C=O) groups excluding carboxylic acids is 2. The number of esters is 2. The van der Waals surface area contributed by atoms with Crippen LogP contribution in [0.5, 0.6) is 0 Å². The first-order chi connectivity index (χ1) is 5.70. The second-order valence-electron chi connectivity index (χ2n) is 2.89. The van der Waals surface area contributed by atoms with Gasteiger partial charge in [0.2, 0.25) is 6.79 Å². The highest BCUT2D eigenvalue weighted by atomic mass is 16.7. The zero-order valence-corrected chi connectivity index (χ0v) is 7.04. The maximum Gasteiger partial charge on any atom is 0.311 e. The molecular weight excluding hydrogens is 160 g/mol. The largest absolute Gasteiger partial charge is 0.428 e. The van der Waals surface area contributed by atoms with Crippen LogP contribution in [0.1, 0.15) is 26.2 Å². The van der Waals surface area contributed by atoms with Gasteiger partial charge in [0, 0.05) is 6.42 Å². The molecule has 4 nitrogen and oxygen atoms in total. The lowest BCUT2D eigenvalue weighted by atomic mass is 10.0. The lowest BCUT2D eigenvalue weighted by Gasteiger charge is -2.06. The number of cyclic esters (lactones) is 2. The van der Waals surface area contributed by atoms with Gasteiger partial charge in [-0.25, -0.2) is 0 Å². The fraction of sp³-hybridized carbons (Fsp3) is 0.750. The van der Waals surface area contributed by atoms with Gasteiger partial charge in [-0.15, -0.1) is 0 Å². The molecule has 0 aromatic heterocycles. The van der Waals surface area contributed by atoms with Gasteiger partial charge in [-0.2, -0.15) is 0 Å². The Balaban J connectivity index is 2.47. The van der Waals surface area contributed by atoms with Gasteiger partial charge in [-0.1, -0.05) is 6.92 Å². The quantitative estimate of drug-likeness (QED) is 0.508. The van der Waals surface area contributed by atoms with E-state index in [9.17, 15) is 9.59 Å². The molecule has 68 valence electrons. The van der Waals surface area contributed by atoms with E-state index < -0.39 is 0 Å². The van der Waals surface area contributed by atoms with Crippen LogP contribution in [-0.2, 0) is 19.1 Å². The van der Waals surface area contributed by atoms with E-state index in [0.29, 0.717) is 19.3 Å². The third kappa shape index (κ3) is 2.53. The van der Waals surface area contributed by atoms with E-state index in [-0.39, 0.29) is 24.6 Å². The van der Waals surface area contributed by atoms with Crippen molar-refractivity contribution in [2.45, 2.75) is 26.2 Å². The number of hydrogen-bond donors (Lipinski definition) is 0. The Hall–Kier alpha value is -1.06. The van der Waals surface area contributed by atoms with Crippen molar-refractivity contribution in [3.05, 3.63) is 0 Å². The Morgan fingerprint density at radius 1 is 1.33 bits per heavy atom. The molecular formula is C8H12O4. The predicted molar refractivity (Wildman–Crippen MR) is 40.1 cm³/mol. The standard InChI is InChI=1S/C8H12O4/c1-6-3-2-4-7(9)11-5-12-8(6)10/h6H,2-5H2,1H3. The average Bonchev–Trinajstić information content (AvgIpc) is 2.08. The number of hydrogen-bond acceptors (Lipinski definition) is 4. The predicted octanol–water partition coefficient (Wildman–Crippen LogP) is 0.850. The minimum absolute atomic E-state index is 0.125. The summed E-state index contributed by atoms with van der Waals surface area (Å²) < 4.78 is 9.26. The van der Waals surface area contributed by atoms with E-state index in [2.05, 4.69) is 9.47 Å². The smallest absolute Gasteiger partial charge is 0.311 e. The first-order valence-corrected chi connectivity index (χ1v) is 4.02. The van der Waals surface area contributed by atoms with Crippen molar-refractivity contribution in [2.75, 3.05) is 6.79 Å². The normalized spacial score (nSPS) is 26.2. The van der Waals surface area contributed by atoms with E-state index in [4.69, 9.17) is 0 Å². The SMILES string of the molecule is CC1CCCC(=O)OCOC1=O. The second kappa shape index (κ2) is 4.09. The molecule has 0 amide bonds. The van der Waals surface area contributed by atoms with E-state index in [1.54, 1.807) is 6.92 Å². The van der Waals surface area contributed by atoms with Crippen LogP contribution < -0.4 is 0 Å². The second-order valence-corrected chi connectivity index (χ2v) is 2.89. The highest BCUT2D eigenvalue weighted by molar-refractivity contribution is 5.73. The third-order valence-electron chi connectivity index (χ3n) is 1.84. The van der Waals surface area contributed by atoms with Crippen LogP contribution in [0.15, 0.2) is 0 Å². The minimum atomic E-state index is -0.295. The van der Waals surface area contributed by atoms with E-state index in [1.807, 2.05) is 0 Å². The monoisotopic (exact) mass is 172 g/mol. The van der Waals surface area contributed by atoms with Gasteiger partial charge < -0.3 is 9.47 Å². The molecule has 1 fully saturated rings. The summed E-state index contributed by atoms with van der Waals surface area (Å²) in [6.45, 7) is 1.56. The molecule has 0 radical (unpaired) electrons. The van der Waals surface area contributed by atoms with Crippen molar-refractivity contribution in [3.8, 4) is 0 Å². The van der Waals surface area contributed by atoms with E-state index >= 15 is 0 Å². The van der Waals surface area contributed by atoms with Crippen LogP contribution in [-0.4, -0.2) is 18.7 Å². The molecule has 1 aliphatic heterocycles. The first-order valence-electron chi connectivity index (χ1n) is 4.02.